The number of hydrogen-bond acceptors (Lipinski definition) is 3. The van der Waals surface area contributed by atoms with E-state index in [9.17, 15) is 9.59 Å². The van der Waals surface area contributed by atoms with Crippen molar-refractivity contribution in [2.45, 2.75) is 245 Å². The normalized spacial score (nSPS) is 12.2. The maximum Gasteiger partial charge on any atom is 0.306 e. The van der Waals surface area contributed by atoms with E-state index < -0.39 is 5.97 Å². The zero-order chi connectivity index (χ0) is 33.6. The molecule has 0 amide bonds. The highest BCUT2D eigenvalue weighted by molar-refractivity contribution is 5.69. The number of carbonyl (C=O) groups is 2. The van der Waals surface area contributed by atoms with Crippen molar-refractivity contribution in [1.82, 2.24) is 0 Å². The Morgan fingerprint density at radius 2 is 0.826 bits per heavy atom. The summed E-state index contributed by atoms with van der Waals surface area (Å²) in [5.74, 6) is -0.642. The predicted octanol–water partition coefficient (Wildman–Crippen LogP) is 14.2. The smallest absolute Gasteiger partial charge is 0.306 e. The molecule has 0 aliphatic carbocycles. The van der Waals surface area contributed by atoms with E-state index >= 15 is 0 Å². The second-order valence-electron chi connectivity index (χ2n) is 14.2. The number of carboxylic acids is 1. The van der Waals surface area contributed by atoms with Gasteiger partial charge in [-0.2, -0.15) is 0 Å². The van der Waals surface area contributed by atoms with E-state index in [2.05, 4.69) is 26.0 Å². The van der Waals surface area contributed by atoms with Crippen molar-refractivity contribution in [2.75, 3.05) is 0 Å². The number of aliphatic carboxylic acids is 1. The van der Waals surface area contributed by atoms with Crippen LogP contribution < -0.4 is 0 Å². The molecular formula is C42H80O4. The van der Waals surface area contributed by atoms with Gasteiger partial charge in [0.2, 0.25) is 0 Å². The van der Waals surface area contributed by atoms with Gasteiger partial charge >= 0.3 is 11.9 Å². The van der Waals surface area contributed by atoms with Gasteiger partial charge in [-0.05, 0) is 57.8 Å². The van der Waals surface area contributed by atoms with Gasteiger partial charge in [-0.3, -0.25) is 9.59 Å². The predicted molar refractivity (Wildman–Crippen MR) is 200 cm³/mol. The number of allylic oxidation sites excluding steroid dienone is 2. The molecule has 272 valence electrons. The Morgan fingerprint density at radius 1 is 0.478 bits per heavy atom. The van der Waals surface area contributed by atoms with Crippen molar-refractivity contribution in [3.63, 3.8) is 0 Å². The molecule has 46 heavy (non-hydrogen) atoms. The van der Waals surface area contributed by atoms with E-state index in [1.165, 1.54) is 173 Å². The minimum absolute atomic E-state index is 0.0209. The van der Waals surface area contributed by atoms with Crippen LogP contribution in [-0.2, 0) is 14.3 Å². The molecule has 0 aromatic heterocycles. The molecule has 0 aromatic rings. The molecule has 0 aliphatic rings. The van der Waals surface area contributed by atoms with E-state index in [4.69, 9.17) is 9.84 Å². The van der Waals surface area contributed by atoms with E-state index in [1.807, 2.05) is 0 Å². The summed E-state index contributed by atoms with van der Waals surface area (Å²) >= 11 is 0. The van der Waals surface area contributed by atoms with Crippen LogP contribution >= 0.6 is 0 Å². The SMILES string of the molecule is CCCCCCCC/C=C\CCCCCCCCCC(=O)OC(CC)CCCCCCCCCCCCCCCCCCC(=O)O. The first-order valence-electron chi connectivity index (χ1n) is 20.7. The molecule has 4 heteroatoms. The Kier molecular flexibility index (Phi) is 37.0. The Balaban J connectivity index is 3.40. The van der Waals surface area contributed by atoms with Crippen LogP contribution in [0.3, 0.4) is 0 Å². The molecule has 0 saturated carbocycles. The lowest BCUT2D eigenvalue weighted by atomic mass is 10.0. The Labute approximate surface area is 287 Å². The van der Waals surface area contributed by atoms with Crippen LogP contribution in [0.25, 0.3) is 0 Å². The Morgan fingerprint density at radius 3 is 1.22 bits per heavy atom. The van der Waals surface area contributed by atoms with Gasteiger partial charge in [0.25, 0.3) is 0 Å². The fourth-order valence-corrected chi connectivity index (χ4v) is 6.41. The second kappa shape index (κ2) is 38.1. The van der Waals surface area contributed by atoms with Crippen LogP contribution in [-0.4, -0.2) is 23.1 Å². The molecule has 0 rings (SSSR count). The summed E-state index contributed by atoms with van der Waals surface area (Å²) in [6.45, 7) is 4.43. The van der Waals surface area contributed by atoms with Gasteiger partial charge in [-0.15, -0.1) is 0 Å². The molecule has 0 aliphatic heterocycles. The van der Waals surface area contributed by atoms with Gasteiger partial charge < -0.3 is 9.84 Å². The molecule has 4 nitrogen and oxygen atoms in total. The fraction of sp³-hybridized carbons (Fsp3) is 0.905. The quantitative estimate of drug-likeness (QED) is 0.0411. The summed E-state index contributed by atoms with van der Waals surface area (Å²) in [4.78, 5) is 22.8. The number of carbonyl (C=O) groups excluding carboxylic acids is 1. The molecule has 1 N–H and O–H groups in total. The standard InChI is InChI=1S/C42H80O4/c1-3-5-6-7-8-9-10-11-12-13-18-21-24-27-30-33-36-39-42(45)46-40(4-2)37-34-31-28-25-22-19-16-14-15-17-20-23-26-29-32-35-38-41(43)44/h11-12,40H,3-10,13-39H2,1-2H3,(H,43,44)/b12-11-. The molecule has 0 aromatic carbocycles. The third-order valence-electron chi connectivity index (χ3n) is 9.56. The molecule has 0 spiro atoms. The first kappa shape index (κ1) is 44.7. The van der Waals surface area contributed by atoms with E-state index in [-0.39, 0.29) is 12.1 Å². The number of unbranched alkanes of at least 4 members (excludes halogenated alkanes) is 28. The van der Waals surface area contributed by atoms with Crippen LogP contribution in [0.5, 0.6) is 0 Å². The summed E-state index contributed by atoms with van der Waals surface area (Å²) in [7, 11) is 0. The molecule has 0 radical (unpaired) electrons. The lowest BCUT2D eigenvalue weighted by Gasteiger charge is -2.16. The highest BCUT2D eigenvalue weighted by Gasteiger charge is 2.12. The highest BCUT2D eigenvalue weighted by Crippen LogP contribution is 2.17. The zero-order valence-electron chi connectivity index (χ0n) is 31.2. The summed E-state index contributed by atoms with van der Waals surface area (Å²) in [6.07, 6.45) is 47.6. The van der Waals surface area contributed by atoms with Crippen molar-refractivity contribution in [3.8, 4) is 0 Å². The van der Waals surface area contributed by atoms with Gasteiger partial charge in [0.05, 0.1) is 0 Å². The topological polar surface area (TPSA) is 63.6 Å². The summed E-state index contributed by atoms with van der Waals surface area (Å²) in [6, 6.07) is 0. The number of rotatable bonds is 38. The van der Waals surface area contributed by atoms with E-state index in [0.29, 0.717) is 12.8 Å². The number of hydrogen-bond donors (Lipinski definition) is 1. The van der Waals surface area contributed by atoms with Gasteiger partial charge in [0, 0.05) is 12.8 Å². The highest BCUT2D eigenvalue weighted by atomic mass is 16.5. The fourth-order valence-electron chi connectivity index (χ4n) is 6.41. The van der Waals surface area contributed by atoms with Crippen molar-refractivity contribution in [2.24, 2.45) is 0 Å². The van der Waals surface area contributed by atoms with Gasteiger partial charge in [-0.25, -0.2) is 0 Å². The molecule has 0 bridgehead atoms. The molecule has 0 fully saturated rings. The second-order valence-corrected chi connectivity index (χ2v) is 14.2. The average Bonchev–Trinajstić information content (AvgIpc) is 3.04. The minimum atomic E-state index is -0.663. The van der Waals surface area contributed by atoms with Crippen LogP contribution in [0, 0.1) is 0 Å². The number of carboxylic acid groups (broad SMARTS) is 1. The van der Waals surface area contributed by atoms with Crippen LogP contribution in [0.1, 0.15) is 239 Å². The number of ether oxygens (including phenoxy) is 1. The lowest BCUT2D eigenvalue weighted by Crippen LogP contribution is -2.17. The third kappa shape index (κ3) is 37.1. The molecular weight excluding hydrogens is 568 g/mol. The summed E-state index contributed by atoms with van der Waals surface area (Å²) < 4.78 is 5.80. The third-order valence-corrected chi connectivity index (χ3v) is 9.56. The summed E-state index contributed by atoms with van der Waals surface area (Å²) in [5, 5.41) is 8.65. The zero-order valence-corrected chi connectivity index (χ0v) is 31.2. The molecule has 1 atom stereocenters. The van der Waals surface area contributed by atoms with E-state index in [0.717, 1.165) is 38.5 Å². The van der Waals surface area contributed by atoms with Gasteiger partial charge in [0.15, 0.2) is 0 Å². The number of esters is 1. The largest absolute Gasteiger partial charge is 0.481 e. The minimum Gasteiger partial charge on any atom is -0.481 e. The molecule has 1 unspecified atom stereocenters. The maximum atomic E-state index is 12.3. The van der Waals surface area contributed by atoms with Crippen molar-refractivity contribution in [1.29, 1.82) is 0 Å². The van der Waals surface area contributed by atoms with Crippen molar-refractivity contribution < 1.29 is 19.4 Å². The Bertz CT molecular complexity index is 658. The van der Waals surface area contributed by atoms with Gasteiger partial charge in [0.1, 0.15) is 6.10 Å². The van der Waals surface area contributed by atoms with Crippen LogP contribution in [0.4, 0.5) is 0 Å². The van der Waals surface area contributed by atoms with Crippen molar-refractivity contribution in [3.05, 3.63) is 12.2 Å². The first-order valence-corrected chi connectivity index (χ1v) is 20.7. The monoisotopic (exact) mass is 649 g/mol. The molecule has 0 saturated heterocycles. The average molecular weight is 649 g/mol. The lowest BCUT2D eigenvalue weighted by molar-refractivity contribution is -0.149. The van der Waals surface area contributed by atoms with Crippen LogP contribution in [0.2, 0.25) is 0 Å². The van der Waals surface area contributed by atoms with Crippen molar-refractivity contribution >= 4 is 11.9 Å². The summed E-state index contributed by atoms with van der Waals surface area (Å²) in [5.41, 5.74) is 0. The first-order chi connectivity index (χ1) is 22.6. The van der Waals surface area contributed by atoms with Crippen LogP contribution in [0.15, 0.2) is 12.2 Å². The van der Waals surface area contributed by atoms with Gasteiger partial charge in [-0.1, -0.05) is 180 Å². The maximum absolute atomic E-state index is 12.3. The molecule has 0 heterocycles. The Hall–Kier alpha value is -1.32. The van der Waals surface area contributed by atoms with E-state index in [1.54, 1.807) is 0 Å².